The van der Waals surface area contributed by atoms with Crippen molar-refractivity contribution in [3.05, 3.63) is 12.3 Å². The molecule has 2 nitrogen and oxygen atoms in total. The van der Waals surface area contributed by atoms with Crippen LogP contribution in [0.5, 0.6) is 0 Å². The molecule has 0 aromatic rings. The number of carbonyl (C=O) groups is 1. The van der Waals surface area contributed by atoms with E-state index in [0.29, 0.717) is 0 Å². The fourth-order valence-electron chi connectivity index (χ4n) is 0.424. The Hall–Kier alpha value is -0.310. The normalized spacial score (nSPS) is 10.8. The first kappa shape index (κ1) is 9.69. The van der Waals surface area contributed by atoms with Crippen molar-refractivity contribution < 1.29 is 9.53 Å². The molecule has 3 heteroatoms. The molecule has 0 amide bonds. The molecule has 0 aromatic carbocycles. The summed E-state index contributed by atoms with van der Waals surface area (Å²) in [6.45, 7) is 6.94. The molecule has 0 radical (unpaired) electrons. The number of carbonyl (C=O) groups excluding carboxylic acids is 1. The Labute approximate surface area is 69.4 Å². The van der Waals surface area contributed by atoms with Crippen molar-refractivity contribution in [1.82, 2.24) is 0 Å². The highest BCUT2D eigenvalue weighted by Crippen LogP contribution is 2.20. The lowest BCUT2D eigenvalue weighted by atomic mass is 10.1. The summed E-state index contributed by atoms with van der Waals surface area (Å²) in [5.41, 5.74) is 0. The van der Waals surface area contributed by atoms with Gasteiger partial charge in [0, 0.05) is 0 Å². The first-order valence-electron chi connectivity index (χ1n) is 2.86. The monoisotopic (exact) mass is 206 g/mol. The van der Waals surface area contributed by atoms with Gasteiger partial charge in [-0.1, -0.05) is 22.5 Å². The molecule has 0 saturated heterocycles. The maximum atomic E-state index is 11.1. The molecule has 0 atom stereocenters. The van der Waals surface area contributed by atoms with E-state index < -0.39 is 4.32 Å². The molecule has 0 saturated carbocycles. The molecular formula is C7H11BrO2. The predicted molar refractivity (Wildman–Crippen MR) is 44.2 cm³/mol. The van der Waals surface area contributed by atoms with Crippen molar-refractivity contribution >= 4 is 21.7 Å². The van der Waals surface area contributed by atoms with Gasteiger partial charge in [0.25, 0.3) is 0 Å². The third-order valence-electron chi connectivity index (χ3n) is 1.04. The molecule has 0 heterocycles. The van der Waals surface area contributed by atoms with Crippen LogP contribution in [0.3, 0.4) is 0 Å². The van der Waals surface area contributed by atoms with Gasteiger partial charge in [-0.15, -0.1) is 0 Å². The van der Waals surface area contributed by atoms with Crippen LogP contribution in [0.1, 0.15) is 13.8 Å². The molecule has 58 valence electrons. The number of rotatable bonds is 3. The Balaban J connectivity index is 4.24. The number of methoxy groups -OCH3 is 1. The number of halogens is 1. The summed E-state index contributed by atoms with van der Waals surface area (Å²) in [5.74, 6) is 0.0527. The lowest BCUT2D eigenvalue weighted by molar-refractivity contribution is -0.119. The molecule has 0 N–H and O–H groups in total. The van der Waals surface area contributed by atoms with Crippen LogP contribution in [0.4, 0.5) is 0 Å². The Bertz CT molecular complexity index is 155. The van der Waals surface area contributed by atoms with Gasteiger partial charge in [0.05, 0.1) is 11.4 Å². The van der Waals surface area contributed by atoms with Crippen LogP contribution in [0.2, 0.25) is 0 Å². The molecule has 0 aromatic heterocycles. The Morgan fingerprint density at radius 3 is 2.10 bits per heavy atom. The Morgan fingerprint density at radius 2 is 2.00 bits per heavy atom. The van der Waals surface area contributed by atoms with Crippen molar-refractivity contribution in [3.63, 3.8) is 0 Å². The van der Waals surface area contributed by atoms with E-state index in [-0.39, 0.29) is 11.5 Å². The van der Waals surface area contributed by atoms with Crippen molar-refractivity contribution in [2.75, 3.05) is 7.11 Å². The molecule has 0 aliphatic carbocycles. The average molecular weight is 207 g/mol. The van der Waals surface area contributed by atoms with Crippen molar-refractivity contribution in [3.8, 4) is 0 Å². The van der Waals surface area contributed by atoms with E-state index in [2.05, 4.69) is 27.2 Å². The van der Waals surface area contributed by atoms with E-state index in [0.717, 1.165) is 0 Å². The fourth-order valence-corrected chi connectivity index (χ4v) is 0.645. The largest absolute Gasteiger partial charge is 0.494 e. The lowest BCUT2D eigenvalue weighted by Crippen LogP contribution is -2.25. The third kappa shape index (κ3) is 2.52. The number of hydrogen-bond donors (Lipinski definition) is 0. The average Bonchev–Trinajstić information content (AvgIpc) is 1.83. The second-order valence-corrected chi connectivity index (χ2v) is 4.41. The van der Waals surface area contributed by atoms with Crippen molar-refractivity contribution in [1.29, 1.82) is 0 Å². The van der Waals surface area contributed by atoms with Gasteiger partial charge in [-0.2, -0.15) is 0 Å². The minimum atomic E-state index is -0.569. The zero-order valence-electron chi connectivity index (χ0n) is 6.40. The summed E-state index contributed by atoms with van der Waals surface area (Å²) in [5, 5.41) is 0. The molecule has 10 heavy (non-hydrogen) atoms. The van der Waals surface area contributed by atoms with Crippen LogP contribution in [-0.4, -0.2) is 17.2 Å². The van der Waals surface area contributed by atoms with Gasteiger partial charge in [0.2, 0.25) is 5.78 Å². The van der Waals surface area contributed by atoms with E-state index in [1.54, 1.807) is 13.8 Å². The van der Waals surface area contributed by atoms with Crippen LogP contribution >= 0.6 is 15.9 Å². The summed E-state index contributed by atoms with van der Waals surface area (Å²) in [7, 11) is 1.43. The van der Waals surface area contributed by atoms with Gasteiger partial charge >= 0.3 is 0 Å². The minimum absolute atomic E-state index is 0.130. The van der Waals surface area contributed by atoms with Gasteiger partial charge in [0.15, 0.2) is 5.76 Å². The zero-order valence-corrected chi connectivity index (χ0v) is 7.99. The second-order valence-electron chi connectivity index (χ2n) is 2.43. The van der Waals surface area contributed by atoms with Crippen LogP contribution in [0.15, 0.2) is 12.3 Å². The van der Waals surface area contributed by atoms with Gasteiger partial charge < -0.3 is 4.74 Å². The van der Waals surface area contributed by atoms with Crippen molar-refractivity contribution in [2.24, 2.45) is 0 Å². The van der Waals surface area contributed by atoms with E-state index in [1.807, 2.05) is 0 Å². The number of allylic oxidation sites excluding steroid dienone is 1. The first-order chi connectivity index (χ1) is 4.39. The molecule has 0 spiro atoms. The standard InChI is InChI=1S/C7H11BrO2/c1-5(10-4)6(9)7(2,3)8/h1H2,2-4H3. The van der Waals surface area contributed by atoms with Crippen LogP contribution < -0.4 is 0 Å². The van der Waals surface area contributed by atoms with Gasteiger partial charge in [-0.25, -0.2) is 0 Å². The Morgan fingerprint density at radius 1 is 1.60 bits per heavy atom. The molecule has 0 bridgehead atoms. The van der Waals surface area contributed by atoms with Gasteiger partial charge in [-0.3, -0.25) is 4.79 Å². The van der Waals surface area contributed by atoms with Crippen LogP contribution in [0.25, 0.3) is 0 Å². The number of ketones is 1. The number of ether oxygens (including phenoxy) is 1. The summed E-state index contributed by atoms with van der Waals surface area (Å²) in [6.07, 6.45) is 0. The van der Waals surface area contributed by atoms with E-state index in [1.165, 1.54) is 7.11 Å². The lowest BCUT2D eigenvalue weighted by Gasteiger charge is -2.14. The molecule has 0 aliphatic rings. The summed E-state index contributed by atoms with van der Waals surface area (Å²) >= 11 is 3.19. The van der Waals surface area contributed by atoms with Gasteiger partial charge in [-0.05, 0) is 13.8 Å². The highest BCUT2D eigenvalue weighted by atomic mass is 79.9. The zero-order chi connectivity index (χ0) is 8.36. The number of hydrogen-bond acceptors (Lipinski definition) is 2. The highest BCUT2D eigenvalue weighted by Gasteiger charge is 2.26. The molecular weight excluding hydrogens is 196 g/mol. The summed E-state index contributed by atoms with van der Waals surface area (Å²) < 4.78 is 4.10. The SMILES string of the molecule is C=C(OC)C(=O)C(C)(C)Br. The molecule has 0 unspecified atom stereocenters. The predicted octanol–water partition coefficient (Wildman–Crippen LogP) is 1.89. The topological polar surface area (TPSA) is 26.3 Å². The summed E-state index contributed by atoms with van der Waals surface area (Å²) in [4.78, 5) is 11.1. The highest BCUT2D eigenvalue weighted by molar-refractivity contribution is 9.10. The number of alkyl halides is 1. The minimum Gasteiger partial charge on any atom is -0.494 e. The molecule has 0 rings (SSSR count). The van der Waals surface area contributed by atoms with Gasteiger partial charge in [0.1, 0.15) is 0 Å². The number of Topliss-reactive ketones (excluding diaryl/α,β-unsaturated/α-hetero) is 1. The summed E-state index contributed by atoms with van der Waals surface area (Å²) in [6, 6.07) is 0. The Kier molecular flexibility index (Phi) is 3.09. The maximum Gasteiger partial charge on any atom is 0.212 e. The molecule has 0 aliphatic heterocycles. The van der Waals surface area contributed by atoms with E-state index in [9.17, 15) is 4.79 Å². The smallest absolute Gasteiger partial charge is 0.212 e. The first-order valence-corrected chi connectivity index (χ1v) is 3.65. The fraction of sp³-hybridized carbons (Fsp3) is 0.571. The third-order valence-corrected chi connectivity index (χ3v) is 1.40. The van der Waals surface area contributed by atoms with Crippen LogP contribution in [-0.2, 0) is 9.53 Å². The molecule has 0 fully saturated rings. The quantitative estimate of drug-likeness (QED) is 0.401. The van der Waals surface area contributed by atoms with Crippen LogP contribution in [0, 0.1) is 0 Å². The second kappa shape index (κ2) is 3.19. The van der Waals surface area contributed by atoms with E-state index >= 15 is 0 Å². The maximum absolute atomic E-state index is 11.1. The van der Waals surface area contributed by atoms with E-state index in [4.69, 9.17) is 0 Å². The van der Waals surface area contributed by atoms with Crippen molar-refractivity contribution in [2.45, 2.75) is 18.2 Å².